The van der Waals surface area contributed by atoms with Crippen molar-refractivity contribution in [1.82, 2.24) is 14.3 Å². The fourth-order valence-corrected chi connectivity index (χ4v) is 4.76. The van der Waals surface area contributed by atoms with Crippen molar-refractivity contribution in [3.8, 4) is 17.0 Å². The number of aromatic nitrogens is 2. The van der Waals surface area contributed by atoms with Gasteiger partial charge in [-0.2, -0.15) is 8.78 Å². The van der Waals surface area contributed by atoms with Crippen molar-refractivity contribution in [3.05, 3.63) is 66.6 Å². The molecule has 3 rings (SSSR count). The van der Waals surface area contributed by atoms with Gasteiger partial charge in [-0.25, -0.2) is 17.2 Å². The molecule has 8 nitrogen and oxygen atoms in total. The molecule has 2 N–H and O–H groups in total. The van der Waals surface area contributed by atoms with Crippen molar-refractivity contribution in [3.63, 3.8) is 0 Å². The number of pyridine rings is 1. The standard InChI is InChI=1S/C23H25F2N3O5S/c1-23(2,3)20(27-22(29)30)12-15-11-19(16-6-8-17(9-7-16)33-21(24)25)28(14-15)34(31,32)18-5-4-10-26-13-18/h4-11,13-14,20-21,27H,12H2,1-3H3,(H,29,30). The summed E-state index contributed by atoms with van der Waals surface area (Å²) >= 11 is 0. The SMILES string of the molecule is CC(C)(C)C(Cc1cc(-c2ccc(OC(F)F)cc2)n(S(=O)(=O)c2cccnc2)c1)NC(=O)O. The van der Waals surface area contributed by atoms with E-state index in [-0.39, 0.29) is 22.8 Å². The Bertz CT molecular complexity index is 1240. The Morgan fingerprint density at radius 2 is 1.88 bits per heavy atom. The molecule has 1 unspecified atom stereocenters. The molecule has 0 spiro atoms. The summed E-state index contributed by atoms with van der Waals surface area (Å²) in [5, 5.41) is 11.7. The zero-order chi connectivity index (χ0) is 25.1. The summed E-state index contributed by atoms with van der Waals surface area (Å²) in [6, 6.07) is 9.63. The highest BCUT2D eigenvalue weighted by Gasteiger charge is 2.29. The molecule has 1 aromatic carbocycles. The first-order valence-electron chi connectivity index (χ1n) is 10.3. The van der Waals surface area contributed by atoms with Gasteiger partial charge in [0.05, 0.1) is 5.69 Å². The van der Waals surface area contributed by atoms with Gasteiger partial charge in [0.1, 0.15) is 10.6 Å². The van der Waals surface area contributed by atoms with Gasteiger partial charge in [0, 0.05) is 24.6 Å². The van der Waals surface area contributed by atoms with E-state index in [1.807, 2.05) is 20.8 Å². The Morgan fingerprint density at radius 3 is 2.41 bits per heavy atom. The molecule has 0 bridgehead atoms. The number of nitrogens with zero attached hydrogens (tertiary/aromatic N) is 2. The molecule has 0 saturated carbocycles. The van der Waals surface area contributed by atoms with Crippen LogP contribution in [0.2, 0.25) is 0 Å². The summed E-state index contributed by atoms with van der Waals surface area (Å²) in [5.41, 5.74) is 0.852. The smallest absolute Gasteiger partial charge is 0.404 e. The van der Waals surface area contributed by atoms with Crippen molar-refractivity contribution in [1.29, 1.82) is 0 Å². The molecule has 34 heavy (non-hydrogen) atoms. The minimum Gasteiger partial charge on any atom is -0.465 e. The lowest BCUT2D eigenvalue weighted by molar-refractivity contribution is -0.0498. The average molecular weight is 494 g/mol. The lowest BCUT2D eigenvalue weighted by atomic mass is 9.83. The molecule has 0 fully saturated rings. The predicted molar refractivity (Wildman–Crippen MR) is 121 cm³/mol. The molecule has 2 heterocycles. The first kappa shape index (κ1) is 25.2. The Morgan fingerprint density at radius 1 is 1.21 bits per heavy atom. The van der Waals surface area contributed by atoms with Gasteiger partial charge < -0.3 is 15.2 Å². The van der Waals surface area contributed by atoms with Gasteiger partial charge >= 0.3 is 12.7 Å². The van der Waals surface area contributed by atoms with E-state index >= 15 is 0 Å². The minimum absolute atomic E-state index is 0.0351. The van der Waals surface area contributed by atoms with Crippen molar-refractivity contribution in [2.45, 2.75) is 44.7 Å². The number of nitrogens with one attached hydrogen (secondary N) is 1. The lowest BCUT2D eigenvalue weighted by Crippen LogP contribution is -2.44. The van der Waals surface area contributed by atoms with Crippen LogP contribution in [-0.4, -0.2) is 41.2 Å². The van der Waals surface area contributed by atoms with Crippen LogP contribution in [0.5, 0.6) is 5.75 Å². The van der Waals surface area contributed by atoms with Crippen LogP contribution in [0.1, 0.15) is 26.3 Å². The Hall–Kier alpha value is -3.47. The number of benzene rings is 1. The second-order valence-corrected chi connectivity index (χ2v) is 10.5. The molecule has 0 radical (unpaired) electrons. The molecule has 1 amide bonds. The van der Waals surface area contributed by atoms with E-state index in [9.17, 15) is 27.1 Å². The first-order chi connectivity index (χ1) is 15.9. The van der Waals surface area contributed by atoms with Crippen LogP contribution in [0.4, 0.5) is 13.6 Å². The zero-order valence-electron chi connectivity index (χ0n) is 18.8. The van der Waals surface area contributed by atoms with Gasteiger partial charge in [0.2, 0.25) is 0 Å². The van der Waals surface area contributed by atoms with Crippen molar-refractivity contribution in [2.75, 3.05) is 0 Å². The van der Waals surface area contributed by atoms with E-state index in [4.69, 9.17) is 0 Å². The molecule has 11 heteroatoms. The van der Waals surface area contributed by atoms with Gasteiger partial charge in [-0.15, -0.1) is 0 Å². The quantitative estimate of drug-likeness (QED) is 0.474. The maximum absolute atomic E-state index is 13.4. The largest absolute Gasteiger partial charge is 0.465 e. The van der Waals surface area contributed by atoms with E-state index in [2.05, 4.69) is 15.0 Å². The van der Waals surface area contributed by atoms with Crippen LogP contribution in [0.15, 0.2) is 66.0 Å². The van der Waals surface area contributed by atoms with Crippen LogP contribution in [0.3, 0.4) is 0 Å². The van der Waals surface area contributed by atoms with E-state index in [1.54, 1.807) is 6.07 Å². The number of amides is 1. The summed E-state index contributed by atoms with van der Waals surface area (Å²) in [5.74, 6) is -0.0642. The molecule has 3 aromatic rings. The predicted octanol–water partition coefficient (Wildman–Crippen LogP) is 4.61. The molecular weight excluding hydrogens is 468 g/mol. The van der Waals surface area contributed by atoms with Gasteiger partial charge in [0.15, 0.2) is 0 Å². The van der Waals surface area contributed by atoms with Gasteiger partial charge in [-0.3, -0.25) is 4.98 Å². The van der Waals surface area contributed by atoms with Crippen LogP contribution >= 0.6 is 0 Å². The van der Waals surface area contributed by atoms with Gasteiger partial charge in [0.25, 0.3) is 10.0 Å². The van der Waals surface area contributed by atoms with Gasteiger partial charge in [-0.05, 0) is 65.4 Å². The van der Waals surface area contributed by atoms with E-state index in [1.165, 1.54) is 55.0 Å². The van der Waals surface area contributed by atoms with Crippen molar-refractivity contribution >= 4 is 16.1 Å². The third-order valence-corrected chi connectivity index (χ3v) is 6.85. The average Bonchev–Trinajstić information content (AvgIpc) is 3.18. The monoisotopic (exact) mass is 493 g/mol. The van der Waals surface area contributed by atoms with Crippen LogP contribution < -0.4 is 10.1 Å². The molecule has 182 valence electrons. The van der Waals surface area contributed by atoms with Crippen LogP contribution in [-0.2, 0) is 16.4 Å². The normalized spacial score (nSPS) is 13.0. The molecule has 0 aliphatic carbocycles. The summed E-state index contributed by atoms with van der Waals surface area (Å²) in [6.45, 7) is 2.64. The topological polar surface area (TPSA) is 111 Å². The second kappa shape index (κ2) is 9.80. The molecule has 0 aliphatic heterocycles. The number of rotatable bonds is 8. The van der Waals surface area contributed by atoms with E-state index < -0.39 is 34.2 Å². The molecule has 2 aromatic heterocycles. The van der Waals surface area contributed by atoms with Crippen LogP contribution in [0, 0.1) is 5.41 Å². The van der Waals surface area contributed by atoms with E-state index in [0.29, 0.717) is 11.1 Å². The number of alkyl halides is 2. The highest BCUT2D eigenvalue weighted by Crippen LogP contribution is 2.31. The number of ether oxygens (including phenoxy) is 1. The Kier molecular flexibility index (Phi) is 7.25. The number of carbonyl (C=O) groups is 1. The molecule has 0 saturated heterocycles. The summed E-state index contributed by atoms with van der Waals surface area (Å²) in [6.07, 6.45) is 3.16. The minimum atomic E-state index is -4.05. The molecule has 1 atom stereocenters. The number of hydrogen-bond donors (Lipinski definition) is 2. The Labute approximate surface area is 196 Å². The highest BCUT2D eigenvalue weighted by molar-refractivity contribution is 7.90. The van der Waals surface area contributed by atoms with Crippen molar-refractivity contribution < 1.29 is 31.8 Å². The molecule has 0 aliphatic rings. The third kappa shape index (κ3) is 5.90. The number of hydrogen-bond acceptors (Lipinski definition) is 5. The maximum Gasteiger partial charge on any atom is 0.404 e. The Balaban J connectivity index is 2.10. The fraction of sp³-hybridized carbons (Fsp3) is 0.304. The number of carboxylic acid groups (broad SMARTS) is 1. The lowest BCUT2D eigenvalue weighted by Gasteiger charge is -2.30. The van der Waals surface area contributed by atoms with Gasteiger partial charge in [-0.1, -0.05) is 20.8 Å². The summed E-state index contributed by atoms with van der Waals surface area (Å²) in [7, 11) is -4.05. The third-order valence-electron chi connectivity index (χ3n) is 5.19. The maximum atomic E-state index is 13.4. The highest BCUT2D eigenvalue weighted by atomic mass is 32.2. The summed E-state index contributed by atoms with van der Waals surface area (Å²) in [4.78, 5) is 15.2. The summed E-state index contributed by atoms with van der Waals surface area (Å²) < 4.78 is 57.3. The molecular formula is C23H25F2N3O5S. The van der Waals surface area contributed by atoms with Crippen molar-refractivity contribution in [2.24, 2.45) is 5.41 Å². The second-order valence-electron chi connectivity index (χ2n) is 8.70. The zero-order valence-corrected chi connectivity index (χ0v) is 19.6. The first-order valence-corrected chi connectivity index (χ1v) is 11.7. The van der Waals surface area contributed by atoms with E-state index in [0.717, 1.165) is 3.97 Å². The number of halogens is 2. The van der Waals surface area contributed by atoms with Crippen LogP contribution in [0.25, 0.3) is 11.3 Å². The fourth-order valence-electron chi connectivity index (χ4n) is 3.40.